The van der Waals surface area contributed by atoms with E-state index in [1.807, 2.05) is 19.1 Å². The van der Waals surface area contributed by atoms with Crippen LogP contribution in [0.5, 0.6) is 11.5 Å². The van der Waals surface area contributed by atoms with Gasteiger partial charge in [0.05, 0.1) is 19.7 Å². The molecule has 2 aromatic carbocycles. The van der Waals surface area contributed by atoms with Crippen LogP contribution >= 0.6 is 0 Å². The number of rotatable bonds is 3. The first-order chi connectivity index (χ1) is 12.6. The number of hydrogen-bond donors (Lipinski definition) is 0. The molecule has 1 aromatic heterocycles. The van der Waals surface area contributed by atoms with E-state index in [4.69, 9.17) is 14.5 Å². The highest BCUT2D eigenvalue weighted by Crippen LogP contribution is 2.33. The van der Waals surface area contributed by atoms with Crippen LogP contribution in [0, 0.1) is 6.92 Å². The average Bonchev–Trinajstić information content (AvgIpc) is 3.08. The van der Waals surface area contributed by atoms with Crippen molar-refractivity contribution in [3.8, 4) is 11.5 Å². The molecule has 0 spiro atoms. The molecule has 0 saturated carbocycles. The Hall–Kier alpha value is -3.08. The summed E-state index contributed by atoms with van der Waals surface area (Å²) in [6.07, 6.45) is 0.811. The minimum Gasteiger partial charge on any atom is -0.493 e. The summed E-state index contributed by atoms with van der Waals surface area (Å²) in [6.45, 7) is 2.67. The standard InChI is InChI=1S/C21H20N2O3/c1-13-5-4-6-14-11-15-9-10-23(20(15)22-19(13)14)21(24)16-7-8-17(25-2)18(12-16)26-3/h4-8,11-12H,9-10H2,1-3H3. The van der Waals surface area contributed by atoms with E-state index in [1.165, 1.54) is 0 Å². The number of nitrogens with zero attached hydrogens (tertiary/aromatic N) is 2. The van der Waals surface area contributed by atoms with Crippen molar-refractivity contribution in [2.45, 2.75) is 13.3 Å². The Morgan fingerprint density at radius 3 is 2.65 bits per heavy atom. The van der Waals surface area contributed by atoms with E-state index >= 15 is 0 Å². The molecule has 0 fully saturated rings. The van der Waals surface area contributed by atoms with E-state index in [0.717, 1.165) is 34.3 Å². The highest BCUT2D eigenvalue weighted by molar-refractivity contribution is 6.07. The number of hydrogen-bond acceptors (Lipinski definition) is 4. The normalized spacial score (nSPS) is 13.0. The summed E-state index contributed by atoms with van der Waals surface area (Å²) in [6, 6.07) is 13.5. The number of aromatic nitrogens is 1. The van der Waals surface area contributed by atoms with Crippen LogP contribution in [-0.2, 0) is 6.42 Å². The van der Waals surface area contributed by atoms with E-state index in [1.54, 1.807) is 37.3 Å². The zero-order valence-electron chi connectivity index (χ0n) is 15.1. The molecule has 3 aromatic rings. The summed E-state index contributed by atoms with van der Waals surface area (Å²) < 4.78 is 10.6. The lowest BCUT2D eigenvalue weighted by Crippen LogP contribution is -2.29. The van der Waals surface area contributed by atoms with Crippen LogP contribution in [-0.4, -0.2) is 31.7 Å². The van der Waals surface area contributed by atoms with Crippen LogP contribution in [0.1, 0.15) is 21.5 Å². The van der Waals surface area contributed by atoms with E-state index in [-0.39, 0.29) is 5.91 Å². The van der Waals surface area contributed by atoms with E-state index in [9.17, 15) is 4.79 Å². The highest BCUT2D eigenvalue weighted by atomic mass is 16.5. The van der Waals surface area contributed by atoms with Gasteiger partial charge in [-0.05, 0) is 48.7 Å². The third kappa shape index (κ3) is 2.56. The number of carbonyl (C=O) groups excluding carboxylic acids is 1. The molecule has 5 heteroatoms. The number of pyridine rings is 1. The van der Waals surface area contributed by atoms with Crippen LogP contribution in [0.25, 0.3) is 10.9 Å². The highest BCUT2D eigenvalue weighted by Gasteiger charge is 2.28. The molecule has 0 aliphatic carbocycles. The van der Waals surface area contributed by atoms with Crippen molar-refractivity contribution in [1.29, 1.82) is 0 Å². The second-order valence-corrected chi connectivity index (χ2v) is 6.39. The molecule has 26 heavy (non-hydrogen) atoms. The van der Waals surface area contributed by atoms with E-state index in [0.29, 0.717) is 23.6 Å². The van der Waals surface area contributed by atoms with Crippen molar-refractivity contribution in [2.75, 3.05) is 25.7 Å². The van der Waals surface area contributed by atoms with Gasteiger partial charge in [-0.25, -0.2) is 4.98 Å². The second-order valence-electron chi connectivity index (χ2n) is 6.39. The Morgan fingerprint density at radius 1 is 1.08 bits per heavy atom. The maximum atomic E-state index is 13.1. The summed E-state index contributed by atoms with van der Waals surface area (Å²) in [5.74, 6) is 1.82. The van der Waals surface area contributed by atoms with Crippen molar-refractivity contribution < 1.29 is 14.3 Å². The van der Waals surface area contributed by atoms with Crippen LogP contribution in [0.15, 0.2) is 42.5 Å². The predicted octanol–water partition coefficient (Wildman–Crippen LogP) is 3.76. The molecule has 2 heterocycles. The monoisotopic (exact) mass is 348 g/mol. The minimum atomic E-state index is -0.0786. The van der Waals surface area contributed by atoms with Crippen molar-refractivity contribution in [2.24, 2.45) is 0 Å². The molecular weight excluding hydrogens is 328 g/mol. The maximum absolute atomic E-state index is 13.1. The average molecular weight is 348 g/mol. The fourth-order valence-corrected chi connectivity index (χ4v) is 3.46. The Balaban J connectivity index is 1.75. The van der Waals surface area contributed by atoms with Crippen molar-refractivity contribution >= 4 is 22.6 Å². The van der Waals surface area contributed by atoms with Crippen LogP contribution in [0.3, 0.4) is 0 Å². The van der Waals surface area contributed by atoms with E-state index in [2.05, 4.69) is 12.1 Å². The number of fused-ring (bicyclic) bond motifs is 2. The first-order valence-corrected chi connectivity index (χ1v) is 8.55. The summed E-state index contributed by atoms with van der Waals surface area (Å²) >= 11 is 0. The van der Waals surface area contributed by atoms with Crippen LogP contribution in [0.2, 0.25) is 0 Å². The molecule has 5 nitrogen and oxygen atoms in total. The van der Waals surface area contributed by atoms with Crippen molar-refractivity contribution in [1.82, 2.24) is 4.98 Å². The zero-order valence-corrected chi connectivity index (χ0v) is 15.1. The SMILES string of the molecule is COc1ccc(C(=O)N2CCc3cc4cccc(C)c4nc32)cc1OC. The van der Waals surface area contributed by atoms with Gasteiger partial charge in [-0.3, -0.25) is 9.69 Å². The number of methoxy groups -OCH3 is 2. The van der Waals surface area contributed by atoms with Gasteiger partial charge >= 0.3 is 0 Å². The third-order valence-corrected chi connectivity index (χ3v) is 4.84. The number of aryl methyl sites for hydroxylation is 1. The van der Waals surface area contributed by atoms with Gasteiger partial charge in [-0.15, -0.1) is 0 Å². The molecule has 4 rings (SSSR count). The number of amides is 1. The summed E-state index contributed by atoms with van der Waals surface area (Å²) in [5, 5.41) is 1.11. The molecule has 0 saturated heterocycles. The van der Waals surface area contributed by atoms with Gasteiger partial charge in [0.15, 0.2) is 11.5 Å². The Morgan fingerprint density at radius 2 is 1.88 bits per heavy atom. The number of anilines is 1. The lowest BCUT2D eigenvalue weighted by Gasteiger charge is -2.18. The Kier molecular flexibility index (Phi) is 3.99. The van der Waals surface area contributed by atoms with Crippen molar-refractivity contribution in [3.05, 3.63) is 59.2 Å². The fourth-order valence-electron chi connectivity index (χ4n) is 3.46. The largest absolute Gasteiger partial charge is 0.493 e. The molecule has 0 radical (unpaired) electrons. The quantitative estimate of drug-likeness (QED) is 0.723. The summed E-state index contributed by atoms with van der Waals surface area (Å²) in [5.41, 5.74) is 3.72. The number of carbonyl (C=O) groups is 1. The smallest absolute Gasteiger partial charge is 0.259 e. The molecule has 1 aliphatic heterocycles. The van der Waals surface area contributed by atoms with Gasteiger partial charge in [0, 0.05) is 17.5 Å². The lowest BCUT2D eigenvalue weighted by atomic mass is 10.1. The topological polar surface area (TPSA) is 51.7 Å². The number of ether oxygens (including phenoxy) is 2. The Bertz CT molecular complexity index is 1010. The molecule has 0 bridgehead atoms. The van der Waals surface area contributed by atoms with Gasteiger partial charge in [-0.2, -0.15) is 0 Å². The van der Waals surface area contributed by atoms with Crippen LogP contribution in [0.4, 0.5) is 5.82 Å². The number of benzene rings is 2. The molecule has 0 unspecified atom stereocenters. The molecule has 1 amide bonds. The number of para-hydroxylation sites is 1. The first kappa shape index (κ1) is 16.4. The molecule has 1 aliphatic rings. The second kappa shape index (κ2) is 6.33. The van der Waals surface area contributed by atoms with Gasteiger partial charge < -0.3 is 9.47 Å². The van der Waals surface area contributed by atoms with Gasteiger partial charge in [0.25, 0.3) is 5.91 Å². The molecule has 132 valence electrons. The van der Waals surface area contributed by atoms with Gasteiger partial charge in [-0.1, -0.05) is 18.2 Å². The lowest BCUT2D eigenvalue weighted by molar-refractivity contribution is 0.0988. The predicted molar refractivity (Wildman–Crippen MR) is 101 cm³/mol. The fraction of sp³-hybridized carbons (Fsp3) is 0.238. The molecular formula is C21H20N2O3. The Labute approximate surface area is 152 Å². The van der Waals surface area contributed by atoms with Gasteiger partial charge in [0.1, 0.15) is 5.82 Å². The maximum Gasteiger partial charge on any atom is 0.259 e. The van der Waals surface area contributed by atoms with E-state index < -0.39 is 0 Å². The van der Waals surface area contributed by atoms with Crippen molar-refractivity contribution in [3.63, 3.8) is 0 Å². The summed E-state index contributed by atoms with van der Waals surface area (Å²) in [7, 11) is 3.14. The van der Waals surface area contributed by atoms with Crippen LogP contribution < -0.4 is 14.4 Å². The van der Waals surface area contributed by atoms with Gasteiger partial charge in [0.2, 0.25) is 0 Å². The molecule has 0 atom stereocenters. The molecule has 0 N–H and O–H groups in total. The third-order valence-electron chi connectivity index (χ3n) is 4.84. The zero-order chi connectivity index (χ0) is 18.3. The minimum absolute atomic E-state index is 0.0786. The summed E-state index contributed by atoms with van der Waals surface area (Å²) in [4.78, 5) is 19.6. The first-order valence-electron chi connectivity index (χ1n) is 8.55.